The van der Waals surface area contributed by atoms with Crippen molar-refractivity contribution in [3.8, 4) is 0 Å². The van der Waals surface area contributed by atoms with Crippen LogP contribution in [0.5, 0.6) is 0 Å². The molecule has 5 heteroatoms. The van der Waals surface area contributed by atoms with Gasteiger partial charge in [-0.2, -0.15) is 0 Å². The van der Waals surface area contributed by atoms with Gasteiger partial charge in [0.05, 0.1) is 11.2 Å². The molecule has 2 aromatic heterocycles. The van der Waals surface area contributed by atoms with Crippen LogP contribution in [0.2, 0.25) is 0 Å². The predicted octanol–water partition coefficient (Wildman–Crippen LogP) is 4.19. The lowest BCUT2D eigenvalue weighted by Crippen LogP contribution is -2.07. The van der Waals surface area contributed by atoms with E-state index in [1.54, 1.807) is 24.5 Å². The number of halogens is 2. The zero-order chi connectivity index (χ0) is 14.7. The van der Waals surface area contributed by atoms with Crippen LogP contribution in [0.25, 0.3) is 11.0 Å². The molecular weight excluding hydrogens is 333 g/mol. The van der Waals surface area contributed by atoms with Gasteiger partial charge in [-0.15, -0.1) is 0 Å². The fourth-order valence-corrected chi connectivity index (χ4v) is 2.50. The quantitative estimate of drug-likeness (QED) is 0.770. The fraction of sp³-hybridized carbons (Fsp3) is 0.125. The van der Waals surface area contributed by atoms with Crippen molar-refractivity contribution >= 4 is 32.7 Å². The summed E-state index contributed by atoms with van der Waals surface area (Å²) in [4.78, 5) is 8.67. The summed E-state index contributed by atoms with van der Waals surface area (Å²) in [6.45, 7) is 0.637. The Morgan fingerprint density at radius 2 is 2.00 bits per heavy atom. The van der Waals surface area contributed by atoms with Crippen molar-refractivity contribution in [2.75, 3.05) is 11.9 Å². The predicted molar refractivity (Wildman–Crippen MR) is 85.8 cm³/mol. The summed E-state index contributed by atoms with van der Waals surface area (Å²) < 4.78 is 14.5. The number of hydrogen-bond acceptors (Lipinski definition) is 3. The lowest BCUT2D eigenvalue weighted by atomic mass is 10.1. The average Bonchev–Trinajstić information content (AvgIpc) is 2.49. The minimum absolute atomic E-state index is 0.166. The van der Waals surface area contributed by atoms with Gasteiger partial charge in [-0.25, -0.2) is 4.39 Å². The molecule has 3 rings (SSSR count). The van der Waals surface area contributed by atoms with Crippen molar-refractivity contribution in [1.82, 2.24) is 9.97 Å². The summed E-state index contributed by atoms with van der Waals surface area (Å²) in [6, 6.07) is 10.6. The summed E-state index contributed by atoms with van der Waals surface area (Å²) >= 11 is 3.38. The van der Waals surface area contributed by atoms with Crippen molar-refractivity contribution in [2.45, 2.75) is 6.42 Å². The molecule has 0 saturated carbocycles. The van der Waals surface area contributed by atoms with E-state index in [1.165, 1.54) is 6.07 Å². The third kappa shape index (κ3) is 3.19. The first kappa shape index (κ1) is 13.9. The maximum Gasteiger partial charge on any atom is 0.126 e. The van der Waals surface area contributed by atoms with Crippen molar-refractivity contribution in [1.29, 1.82) is 0 Å². The van der Waals surface area contributed by atoms with E-state index in [0.717, 1.165) is 21.2 Å². The van der Waals surface area contributed by atoms with Gasteiger partial charge in [0.15, 0.2) is 0 Å². The third-order valence-electron chi connectivity index (χ3n) is 3.21. The number of benzene rings is 1. The molecule has 0 fully saturated rings. The van der Waals surface area contributed by atoms with Gasteiger partial charge in [-0.05, 0) is 46.1 Å². The number of anilines is 1. The average molecular weight is 346 g/mol. The van der Waals surface area contributed by atoms with E-state index >= 15 is 0 Å². The summed E-state index contributed by atoms with van der Waals surface area (Å²) in [5, 5.41) is 3.30. The number of aromatic nitrogens is 2. The van der Waals surface area contributed by atoms with Gasteiger partial charge >= 0.3 is 0 Å². The topological polar surface area (TPSA) is 37.8 Å². The van der Waals surface area contributed by atoms with Crippen LogP contribution in [-0.4, -0.2) is 16.5 Å². The molecule has 3 nitrogen and oxygen atoms in total. The van der Waals surface area contributed by atoms with E-state index in [1.807, 2.05) is 18.2 Å². The highest BCUT2D eigenvalue weighted by molar-refractivity contribution is 9.10. The Morgan fingerprint density at radius 1 is 1.14 bits per heavy atom. The first-order valence-corrected chi connectivity index (χ1v) is 7.41. The SMILES string of the molecule is Fc1ccccc1CCNc1ccnc2cc(Br)cnc12. The van der Waals surface area contributed by atoms with Crippen LogP contribution in [0.1, 0.15) is 5.56 Å². The van der Waals surface area contributed by atoms with Crippen LogP contribution in [0.4, 0.5) is 10.1 Å². The smallest absolute Gasteiger partial charge is 0.126 e. The Bertz CT molecular complexity index is 776. The second-order valence-electron chi connectivity index (χ2n) is 4.65. The minimum atomic E-state index is -0.166. The number of nitrogens with one attached hydrogen (secondary N) is 1. The number of rotatable bonds is 4. The largest absolute Gasteiger partial charge is 0.383 e. The molecule has 1 aromatic carbocycles. The minimum Gasteiger partial charge on any atom is -0.383 e. The molecular formula is C16H13BrFN3. The molecule has 106 valence electrons. The van der Waals surface area contributed by atoms with Crippen molar-refractivity contribution in [3.63, 3.8) is 0 Å². The van der Waals surface area contributed by atoms with Crippen LogP contribution in [0.15, 0.2) is 53.3 Å². The summed E-state index contributed by atoms with van der Waals surface area (Å²) in [5.74, 6) is -0.166. The number of nitrogens with zero attached hydrogens (tertiary/aromatic N) is 2. The molecule has 0 saturated heterocycles. The third-order valence-corrected chi connectivity index (χ3v) is 3.65. The summed E-state index contributed by atoms with van der Waals surface area (Å²) in [6.07, 6.45) is 4.10. The molecule has 21 heavy (non-hydrogen) atoms. The van der Waals surface area contributed by atoms with Crippen molar-refractivity contribution in [3.05, 3.63) is 64.6 Å². The zero-order valence-corrected chi connectivity index (χ0v) is 12.8. The van der Waals surface area contributed by atoms with E-state index in [2.05, 4.69) is 31.2 Å². The molecule has 2 heterocycles. The van der Waals surface area contributed by atoms with Gasteiger partial charge in [-0.1, -0.05) is 18.2 Å². The van der Waals surface area contributed by atoms with Crippen LogP contribution in [0.3, 0.4) is 0 Å². The number of pyridine rings is 2. The van der Waals surface area contributed by atoms with Crippen LogP contribution < -0.4 is 5.32 Å². The number of fused-ring (bicyclic) bond motifs is 1. The molecule has 1 N–H and O–H groups in total. The van der Waals surface area contributed by atoms with Gasteiger partial charge in [0, 0.05) is 23.4 Å². The second-order valence-corrected chi connectivity index (χ2v) is 5.56. The number of hydrogen-bond donors (Lipinski definition) is 1. The van der Waals surface area contributed by atoms with E-state index < -0.39 is 0 Å². The first-order chi connectivity index (χ1) is 10.2. The fourth-order valence-electron chi connectivity index (χ4n) is 2.18. The molecule has 0 aliphatic rings. The Balaban J connectivity index is 1.75. The molecule has 0 spiro atoms. The first-order valence-electron chi connectivity index (χ1n) is 6.61. The summed E-state index contributed by atoms with van der Waals surface area (Å²) in [7, 11) is 0. The van der Waals surface area contributed by atoms with Gasteiger partial charge < -0.3 is 5.32 Å². The van der Waals surface area contributed by atoms with Crippen LogP contribution >= 0.6 is 15.9 Å². The molecule has 3 aromatic rings. The Morgan fingerprint density at radius 3 is 2.86 bits per heavy atom. The Hall–Kier alpha value is -2.01. The molecule has 0 atom stereocenters. The molecule has 0 aliphatic heterocycles. The second kappa shape index (κ2) is 6.18. The van der Waals surface area contributed by atoms with E-state index in [9.17, 15) is 4.39 Å². The van der Waals surface area contributed by atoms with Gasteiger partial charge in [0.2, 0.25) is 0 Å². The zero-order valence-electron chi connectivity index (χ0n) is 11.2. The highest BCUT2D eigenvalue weighted by Crippen LogP contribution is 2.22. The molecule has 0 unspecified atom stereocenters. The normalized spacial score (nSPS) is 10.8. The maximum atomic E-state index is 13.6. The monoisotopic (exact) mass is 345 g/mol. The highest BCUT2D eigenvalue weighted by Gasteiger charge is 2.05. The lowest BCUT2D eigenvalue weighted by molar-refractivity contribution is 0.610. The van der Waals surface area contributed by atoms with Gasteiger partial charge in [0.1, 0.15) is 11.3 Å². The van der Waals surface area contributed by atoms with Gasteiger partial charge in [0.25, 0.3) is 0 Å². The Labute approximate surface area is 130 Å². The van der Waals surface area contributed by atoms with E-state index in [4.69, 9.17) is 0 Å². The van der Waals surface area contributed by atoms with Crippen molar-refractivity contribution in [2.24, 2.45) is 0 Å². The van der Waals surface area contributed by atoms with Crippen LogP contribution in [-0.2, 0) is 6.42 Å². The molecule has 0 aliphatic carbocycles. The molecule has 0 radical (unpaired) electrons. The van der Waals surface area contributed by atoms with E-state index in [-0.39, 0.29) is 5.82 Å². The lowest BCUT2D eigenvalue weighted by Gasteiger charge is -2.09. The van der Waals surface area contributed by atoms with Gasteiger partial charge in [-0.3, -0.25) is 9.97 Å². The highest BCUT2D eigenvalue weighted by atomic mass is 79.9. The summed E-state index contributed by atoms with van der Waals surface area (Å²) in [5.41, 5.74) is 3.25. The molecule has 0 bridgehead atoms. The van der Waals surface area contributed by atoms with Crippen LogP contribution in [0, 0.1) is 5.82 Å². The van der Waals surface area contributed by atoms with Crippen molar-refractivity contribution < 1.29 is 4.39 Å². The molecule has 0 amide bonds. The standard InChI is InChI=1S/C16H13BrFN3/c17-12-9-15-16(21-10-12)14(6-8-20-15)19-7-5-11-3-1-2-4-13(11)18/h1-4,6,8-10H,5,7H2,(H,19,20). The Kier molecular flexibility index (Phi) is 4.10. The maximum absolute atomic E-state index is 13.6. The van der Waals surface area contributed by atoms with E-state index in [0.29, 0.717) is 18.5 Å².